The van der Waals surface area contributed by atoms with Crippen LogP contribution in [-0.4, -0.2) is 57.5 Å². The molecule has 186 valence electrons. The Balaban J connectivity index is 1.43. The van der Waals surface area contributed by atoms with Crippen LogP contribution >= 0.6 is 11.6 Å². The lowest BCUT2D eigenvalue weighted by atomic mass is 10.1. The highest BCUT2D eigenvalue weighted by Gasteiger charge is 2.30. The summed E-state index contributed by atoms with van der Waals surface area (Å²) in [6, 6.07) is 22.7. The first-order valence-corrected chi connectivity index (χ1v) is 13.5. The van der Waals surface area contributed by atoms with Crippen molar-refractivity contribution < 1.29 is 17.9 Å². The second kappa shape index (κ2) is 11.5. The molecule has 0 N–H and O–H groups in total. The molecule has 4 rings (SSSR count). The van der Waals surface area contributed by atoms with Gasteiger partial charge in [-0.1, -0.05) is 59.6 Å². The topological polar surface area (TPSA) is 59.1 Å². The lowest BCUT2D eigenvalue weighted by Crippen LogP contribution is -2.49. The first-order chi connectivity index (χ1) is 16.8. The maximum Gasteiger partial charge on any atom is 0.243 e. The molecule has 6 nitrogen and oxygen atoms in total. The monoisotopic (exact) mass is 514 g/mol. The van der Waals surface area contributed by atoms with Crippen LogP contribution in [0.1, 0.15) is 22.8 Å². The van der Waals surface area contributed by atoms with E-state index in [9.17, 15) is 8.42 Å². The Bertz CT molecular complexity index is 1230. The van der Waals surface area contributed by atoms with Crippen LogP contribution in [0, 0.1) is 6.92 Å². The molecule has 0 aromatic heterocycles. The Morgan fingerprint density at radius 1 is 0.943 bits per heavy atom. The van der Waals surface area contributed by atoms with Crippen LogP contribution in [-0.2, 0) is 21.4 Å². The van der Waals surface area contributed by atoms with Crippen molar-refractivity contribution in [3.05, 3.63) is 94.5 Å². The van der Waals surface area contributed by atoms with E-state index in [2.05, 4.69) is 36.1 Å². The van der Waals surface area contributed by atoms with Gasteiger partial charge >= 0.3 is 0 Å². The number of halogens is 1. The number of nitrogens with zero attached hydrogens (tertiary/aromatic N) is 2. The van der Waals surface area contributed by atoms with Crippen molar-refractivity contribution in [1.82, 2.24) is 9.21 Å². The molecular weight excluding hydrogens is 484 g/mol. The molecule has 1 atom stereocenters. The minimum atomic E-state index is -3.57. The van der Waals surface area contributed by atoms with E-state index < -0.39 is 10.0 Å². The smallest absolute Gasteiger partial charge is 0.243 e. The summed E-state index contributed by atoms with van der Waals surface area (Å²) in [6.07, 6.45) is -0.178. The van der Waals surface area contributed by atoms with Crippen molar-refractivity contribution in [2.45, 2.75) is 24.5 Å². The van der Waals surface area contributed by atoms with Gasteiger partial charge < -0.3 is 9.47 Å². The first kappa shape index (κ1) is 25.7. The maximum atomic E-state index is 13.1. The Kier molecular flexibility index (Phi) is 8.46. The minimum Gasteiger partial charge on any atom is -0.497 e. The van der Waals surface area contributed by atoms with E-state index >= 15 is 0 Å². The third-order valence-corrected chi connectivity index (χ3v) is 8.36. The molecule has 1 heterocycles. The second-order valence-electron chi connectivity index (χ2n) is 8.72. The van der Waals surface area contributed by atoms with E-state index in [1.54, 1.807) is 25.3 Å². The number of rotatable bonds is 9. The van der Waals surface area contributed by atoms with Crippen molar-refractivity contribution >= 4 is 21.6 Å². The van der Waals surface area contributed by atoms with Crippen molar-refractivity contribution in [1.29, 1.82) is 0 Å². The van der Waals surface area contributed by atoms with Gasteiger partial charge in [0.15, 0.2) is 0 Å². The summed E-state index contributed by atoms with van der Waals surface area (Å²) in [5.41, 5.74) is 3.36. The predicted octanol–water partition coefficient (Wildman–Crippen LogP) is 4.92. The van der Waals surface area contributed by atoms with Crippen molar-refractivity contribution in [3.8, 4) is 5.75 Å². The van der Waals surface area contributed by atoms with Gasteiger partial charge in [0.25, 0.3) is 0 Å². The quantitative estimate of drug-likeness (QED) is 0.405. The summed E-state index contributed by atoms with van der Waals surface area (Å²) in [7, 11) is -1.92. The van der Waals surface area contributed by atoms with Gasteiger partial charge in [-0.15, -0.1) is 0 Å². The average Bonchev–Trinajstić information content (AvgIpc) is 2.88. The normalized spacial score (nSPS) is 16.2. The molecule has 1 fully saturated rings. The van der Waals surface area contributed by atoms with E-state index in [1.165, 1.54) is 15.9 Å². The van der Waals surface area contributed by atoms with Crippen molar-refractivity contribution in [3.63, 3.8) is 0 Å². The first-order valence-electron chi connectivity index (χ1n) is 11.6. The predicted molar refractivity (Wildman–Crippen MR) is 138 cm³/mol. The van der Waals surface area contributed by atoms with Crippen LogP contribution in [0.5, 0.6) is 5.75 Å². The summed E-state index contributed by atoms with van der Waals surface area (Å²) < 4.78 is 39.4. The molecule has 0 amide bonds. The zero-order valence-corrected chi connectivity index (χ0v) is 21.6. The zero-order valence-electron chi connectivity index (χ0n) is 20.1. The van der Waals surface area contributed by atoms with E-state index in [4.69, 9.17) is 21.1 Å². The SMILES string of the molecule is COc1cccc([C@H](CN2CCN(S(=O)(=O)c3cccc(Cl)c3)CC2)OCc2ccc(C)cc2)c1. The molecule has 0 bridgehead atoms. The van der Waals surface area contributed by atoms with Crippen LogP contribution < -0.4 is 4.74 Å². The van der Waals surface area contributed by atoms with Crippen LogP contribution in [0.3, 0.4) is 0 Å². The fourth-order valence-corrected chi connectivity index (χ4v) is 5.86. The van der Waals surface area contributed by atoms with Gasteiger partial charge in [-0.3, -0.25) is 4.90 Å². The molecule has 1 aliphatic rings. The number of benzene rings is 3. The molecule has 35 heavy (non-hydrogen) atoms. The number of methoxy groups -OCH3 is 1. The fraction of sp³-hybridized carbons (Fsp3) is 0.333. The number of hydrogen-bond acceptors (Lipinski definition) is 5. The van der Waals surface area contributed by atoms with Gasteiger partial charge in [0, 0.05) is 37.7 Å². The molecule has 3 aromatic carbocycles. The molecule has 1 saturated heterocycles. The number of piperazine rings is 1. The molecule has 0 radical (unpaired) electrons. The van der Waals surface area contributed by atoms with Crippen molar-refractivity contribution in [2.75, 3.05) is 39.8 Å². The van der Waals surface area contributed by atoms with Crippen LogP contribution in [0.25, 0.3) is 0 Å². The minimum absolute atomic E-state index is 0.178. The highest BCUT2D eigenvalue weighted by Crippen LogP contribution is 2.26. The molecule has 1 aliphatic heterocycles. The van der Waals surface area contributed by atoms with Crippen LogP contribution in [0.2, 0.25) is 5.02 Å². The van der Waals surface area contributed by atoms with Crippen molar-refractivity contribution in [2.24, 2.45) is 0 Å². The molecule has 0 aliphatic carbocycles. The molecule has 0 unspecified atom stereocenters. The van der Waals surface area contributed by atoms with Gasteiger partial charge in [0.1, 0.15) is 5.75 Å². The molecule has 8 heteroatoms. The Morgan fingerprint density at radius 3 is 2.34 bits per heavy atom. The van der Waals surface area contributed by atoms with E-state index in [0.29, 0.717) is 44.4 Å². The number of hydrogen-bond donors (Lipinski definition) is 0. The Labute approximate surface area is 213 Å². The number of ether oxygens (including phenoxy) is 2. The number of aryl methyl sites for hydroxylation is 1. The van der Waals surface area contributed by atoms with Gasteiger partial charge in [-0.2, -0.15) is 4.31 Å². The average molecular weight is 515 g/mol. The molecule has 0 saturated carbocycles. The van der Waals surface area contributed by atoms with Crippen LogP contribution in [0.4, 0.5) is 0 Å². The summed E-state index contributed by atoms with van der Waals surface area (Å²) >= 11 is 6.02. The standard InChI is InChI=1S/C27H31ClN2O4S/c1-21-9-11-22(12-10-21)20-34-27(23-5-3-7-25(17-23)33-2)19-29-13-15-30(16-14-29)35(31,32)26-8-4-6-24(28)18-26/h3-12,17-18,27H,13-16,19-20H2,1-2H3/t27-/m0/s1. The van der Waals surface area contributed by atoms with Gasteiger partial charge in [0.2, 0.25) is 10.0 Å². The Hall–Kier alpha value is -2.42. The molecule has 3 aromatic rings. The summed E-state index contributed by atoms with van der Waals surface area (Å²) in [6.45, 7) is 5.28. The van der Waals surface area contributed by atoms with E-state index in [-0.39, 0.29) is 11.0 Å². The lowest BCUT2D eigenvalue weighted by Gasteiger charge is -2.36. The fourth-order valence-electron chi connectivity index (χ4n) is 4.14. The zero-order chi connectivity index (χ0) is 24.8. The third kappa shape index (κ3) is 6.63. The van der Waals surface area contributed by atoms with Crippen LogP contribution in [0.15, 0.2) is 77.7 Å². The summed E-state index contributed by atoms with van der Waals surface area (Å²) in [5.74, 6) is 0.781. The van der Waals surface area contributed by atoms with E-state index in [0.717, 1.165) is 16.9 Å². The highest BCUT2D eigenvalue weighted by molar-refractivity contribution is 7.89. The summed E-state index contributed by atoms with van der Waals surface area (Å²) in [4.78, 5) is 2.48. The molecule has 0 spiro atoms. The summed E-state index contributed by atoms with van der Waals surface area (Å²) in [5, 5.41) is 0.413. The number of sulfonamides is 1. The second-order valence-corrected chi connectivity index (χ2v) is 11.1. The third-order valence-electron chi connectivity index (χ3n) is 6.23. The van der Waals surface area contributed by atoms with Gasteiger partial charge in [-0.05, 0) is 48.4 Å². The lowest BCUT2D eigenvalue weighted by molar-refractivity contribution is 0.00762. The largest absolute Gasteiger partial charge is 0.497 e. The molecular formula is C27H31ClN2O4S. The van der Waals surface area contributed by atoms with E-state index in [1.807, 2.05) is 24.3 Å². The highest BCUT2D eigenvalue weighted by atomic mass is 35.5. The van der Waals surface area contributed by atoms with Gasteiger partial charge in [0.05, 0.1) is 24.7 Å². The Morgan fingerprint density at radius 2 is 1.66 bits per heavy atom. The van der Waals surface area contributed by atoms with Gasteiger partial charge in [-0.25, -0.2) is 8.42 Å². The maximum absolute atomic E-state index is 13.1.